The lowest BCUT2D eigenvalue weighted by Crippen LogP contribution is -2.07. The molecule has 0 aromatic heterocycles. The third-order valence-electron chi connectivity index (χ3n) is 3.87. The van der Waals surface area contributed by atoms with E-state index in [1.54, 1.807) is 24.3 Å². The van der Waals surface area contributed by atoms with Crippen LogP contribution in [0.4, 0.5) is 0 Å². The lowest BCUT2D eigenvalue weighted by Gasteiger charge is -2.14. The van der Waals surface area contributed by atoms with Gasteiger partial charge in [0.15, 0.2) is 28.8 Å². The van der Waals surface area contributed by atoms with Crippen molar-refractivity contribution in [2.75, 3.05) is 35.5 Å². The Morgan fingerprint density at radius 2 is 1.44 bits per heavy atom. The van der Waals surface area contributed by atoms with E-state index in [-0.39, 0.29) is 17.3 Å². The van der Waals surface area contributed by atoms with Crippen molar-refractivity contribution in [1.82, 2.24) is 0 Å². The lowest BCUT2D eigenvalue weighted by molar-refractivity contribution is 0.0956. The monoisotopic (exact) mass is 374 g/mol. The number of ketones is 1. The van der Waals surface area contributed by atoms with E-state index in [9.17, 15) is 9.90 Å². The highest BCUT2D eigenvalue weighted by atomic mass is 16.5. The molecule has 2 rings (SSSR count). The number of phenols is 1. The zero-order valence-corrected chi connectivity index (χ0v) is 15.9. The Labute approximate surface area is 157 Å². The largest absolute Gasteiger partial charge is 0.504 e. The van der Waals surface area contributed by atoms with Gasteiger partial charge in [0.05, 0.1) is 35.5 Å². The van der Waals surface area contributed by atoms with Crippen molar-refractivity contribution in [2.24, 2.45) is 0 Å². The summed E-state index contributed by atoms with van der Waals surface area (Å²) >= 11 is 0. The zero-order chi connectivity index (χ0) is 20.0. The molecule has 0 radical (unpaired) electrons. The smallest absolute Gasteiger partial charge is 0.227 e. The minimum absolute atomic E-state index is 0.0399. The molecule has 7 nitrogen and oxygen atoms in total. The van der Waals surface area contributed by atoms with Crippen LogP contribution < -0.4 is 18.9 Å². The number of allylic oxidation sites excluding steroid dienone is 1. The maximum Gasteiger partial charge on any atom is 0.227 e. The zero-order valence-electron chi connectivity index (χ0n) is 15.9. The highest BCUT2D eigenvalue weighted by molar-refractivity contribution is 6.10. The van der Waals surface area contributed by atoms with Gasteiger partial charge in [0.2, 0.25) is 11.5 Å². The van der Waals surface area contributed by atoms with E-state index in [0.29, 0.717) is 34.1 Å². The molecular weight excluding hydrogens is 352 g/mol. The molecule has 0 amide bonds. The van der Waals surface area contributed by atoms with Crippen LogP contribution in [0.1, 0.15) is 15.9 Å². The summed E-state index contributed by atoms with van der Waals surface area (Å²) in [6, 6.07) is 7.85. The molecule has 0 aliphatic carbocycles. The third kappa shape index (κ3) is 4.25. The molecule has 0 heterocycles. The molecule has 0 bridgehead atoms. The van der Waals surface area contributed by atoms with Crippen molar-refractivity contribution < 1.29 is 33.6 Å². The summed E-state index contributed by atoms with van der Waals surface area (Å²) in [5, 5.41) is 9.90. The molecule has 2 aromatic rings. The van der Waals surface area contributed by atoms with Crippen molar-refractivity contribution in [1.29, 1.82) is 0 Å². The predicted molar refractivity (Wildman–Crippen MR) is 100 cm³/mol. The van der Waals surface area contributed by atoms with Gasteiger partial charge in [-0.2, -0.15) is 0 Å². The van der Waals surface area contributed by atoms with Crippen LogP contribution in [0.15, 0.2) is 36.1 Å². The average Bonchev–Trinajstić information content (AvgIpc) is 2.70. The first kappa shape index (κ1) is 20.0. The minimum Gasteiger partial charge on any atom is -0.504 e. The molecule has 0 saturated carbocycles. The minimum atomic E-state index is -0.382. The fourth-order valence-electron chi connectivity index (χ4n) is 2.52. The fraction of sp³-hybridized carbons (Fsp3) is 0.250. The van der Waals surface area contributed by atoms with Crippen molar-refractivity contribution in [2.45, 2.75) is 0 Å². The van der Waals surface area contributed by atoms with Gasteiger partial charge in [0.25, 0.3) is 0 Å². The van der Waals surface area contributed by atoms with Gasteiger partial charge in [0, 0.05) is 5.56 Å². The van der Waals surface area contributed by atoms with Crippen molar-refractivity contribution >= 4 is 11.9 Å². The molecule has 0 unspecified atom stereocenters. The molecule has 0 atom stereocenters. The van der Waals surface area contributed by atoms with Gasteiger partial charge >= 0.3 is 0 Å². The quantitative estimate of drug-likeness (QED) is 0.431. The van der Waals surface area contributed by atoms with E-state index < -0.39 is 0 Å². The average molecular weight is 374 g/mol. The number of rotatable bonds is 8. The number of carbonyl (C=O) groups excluding carboxylic acids is 1. The maximum atomic E-state index is 12.9. The van der Waals surface area contributed by atoms with Crippen molar-refractivity contribution in [3.63, 3.8) is 0 Å². The molecule has 27 heavy (non-hydrogen) atoms. The van der Waals surface area contributed by atoms with Gasteiger partial charge in [-0.3, -0.25) is 4.79 Å². The number of hydrogen-bond acceptors (Lipinski definition) is 7. The summed E-state index contributed by atoms with van der Waals surface area (Å²) in [5.41, 5.74) is 0.876. The van der Waals surface area contributed by atoms with E-state index in [1.807, 2.05) is 0 Å². The first-order valence-electron chi connectivity index (χ1n) is 7.96. The maximum absolute atomic E-state index is 12.9. The van der Waals surface area contributed by atoms with Crippen LogP contribution in [0.25, 0.3) is 6.08 Å². The molecule has 7 heteroatoms. The van der Waals surface area contributed by atoms with Gasteiger partial charge in [-0.05, 0) is 35.9 Å². The van der Waals surface area contributed by atoms with E-state index in [1.165, 1.54) is 47.7 Å². The van der Waals surface area contributed by atoms with Crippen molar-refractivity contribution in [3.8, 4) is 28.7 Å². The Kier molecular flexibility index (Phi) is 6.54. The van der Waals surface area contributed by atoms with Gasteiger partial charge < -0.3 is 28.8 Å². The highest BCUT2D eigenvalue weighted by Crippen LogP contribution is 2.39. The summed E-state index contributed by atoms with van der Waals surface area (Å²) in [5.74, 6) is 1.10. The predicted octanol–water partition coefficient (Wildman–Crippen LogP) is 3.30. The van der Waals surface area contributed by atoms with Crippen LogP contribution in [0.5, 0.6) is 28.7 Å². The Morgan fingerprint density at radius 1 is 0.852 bits per heavy atom. The summed E-state index contributed by atoms with van der Waals surface area (Å²) in [4.78, 5) is 12.9. The third-order valence-corrected chi connectivity index (χ3v) is 3.87. The second kappa shape index (κ2) is 8.84. The van der Waals surface area contributed by atoms with E-state index in [2.05, 4.69) is 0 Å². The number of hydrogen-bond donors (Lipinski definition) is 1. The Balaban J connectivity index is 2.46. The van der Waals surface area contributed by atoms with Crippen molar-refractivity contribution in [3.05, 3.63) is 47.2 Å². The number of ether oxygens (including phenoxy) is 5. The second-order valence-electron chi connectivity index (χ2n) is 5.39. The number of benzene rings is 2. The molecule has 1 N–H and O–H groups in total. The molecule has 0 saturated heterocycles. The Morgan fingerprint density at radius 3 is 1.89 bits per heavy atom. The fourth-order valence-corrected chi connectivity index (χ4v) is 2.52. The molecule has 0 fully saturated rings. The first-order chi connectivity index (χ1) is 13.0. The second-order valence-corrected chi connectivity index (χ2v) is 5.39. The number of methoxy groups -OCH3 is 5. The summed E-state index contributed by atoms with van der Waals surface area (Å²) in [7, 11) is 7.28. The van der Waals surface area contributed by atoms with Crippen LogP contribution in [0.3, 0.4) is 0 Å². The molecule has 0 aliphatic rings. The highest BCUT2D eigenvalue weighted by Gasteiger charge is 2.20. The first-order valence-corrected chi connectivity index (χ1v) is 7.96. The van der Waals surface area contributed by atoms with E-state index >= 15 is 0 Å². The van der Waals surface area contributed by atoms with Crippen LogP contribution in [-0.4, -0.2) is 46.4 Å². The summed E-state index contributed by atoms with van der Waals surface area (Å²) in [6.07, 6.45) is 1.52. The molecule has 2 aromatic carbocycles. The van der Waals surface area contributed by atoms with E-state index in [4.69, 9.17) is 23.7 Å². The van der Waals surface area contributed by atoms with Gasteiger partial charge in [-0.15, -0.1) is 0 Å². The molecule has 144 valence electrons. The number of aromatic hydroxyl groups is 1. The Hall–Kier alpha value is -3.35. The van der Waals surface area contributed by atoms with Gasteiger partial charge in [0.1, 0.15) is 0 Å². The van der Waals surface area contributed by atoms with Crippen LogP contribution in [0, 0.1) is 0 Å². The van der Waals surface area contributed by atoms with Crippen LogP contribution >= 0.6 is 0 Å². The molecule has 0 aliphatic heterocycles. The number of carbonyl (C=O) groups is 1. The van der Waals surface area contributed by atoms with Crippen LogP contribution in [0.2, 0.25) is 0 Å². The topological polar surface area (TPSA) is 83.5 Å². The molecule has 0 spiro atoms. The van der Waals surface area contributed by atoms with Crippen LogP contribution in [-0.2, 0) is 4.74 Å². The number of Topliss-reactive ketones (excluding diaryl/α,β-unsaturated/α-hetero) is 1. The summed E-state index contributed by atoms with van der Waals surface area (Å²) in [6.45, 7) is 0. The van der Waals surface area contributed by atoms with Gasteiger partial charge in [-0.25, -0.2) is 0 Å². The van der Waals surface area contributed by atoms with Gasteiger partial charge in [-0.1, -0.05) is 6.07 Å². The normalized spacial score (nSPS) is 10.9. The summed E-state index contributed by atoms with van der Waals surface area (Å²) < 4.78 is 26.1. The Bertz CT molecular complexity index is 830. The molecular formula is C20H22O7. The SMILES string of the molecule is CO/C(=C/c1ccc(OC)c(O)c1)C(=O)c1cc(OC)c(OC)c(OC)c1. The standard InChI is InChI=1S/C20H22O7/c1-23-15-7-6-12(8-14(15)21)9-16(24-2)19(22)13-10-17(25-3)20(27-5)18(11-13)26-4/h6-11,21H,1-5H3/b16-9+. The van der Waals surface area contributed by atoms with E-state index in [0.717, 1.165) is 0 Å². The lowest BCUT2D eigenvalue weighted by atomic mass is 10.1. The number of phenolic OH excluding ortho intramolecular Hbond substituents is 1.